The molecule has 1 saturated heterocycles. The zero-order chi connectivity index (χ0) is 18.1. The van der Waals surface area contributed by atoms with Crippen LogP contribution in [0.4, 0.5) is 10.8 Å². The van der Waals surface area contributed by atoms with Crippen LogP contribution in [0, 0.1) is 13.8 Å². The van der Waals surface area contributed by atoms with Gasteiger partial charge in [0.05, 0.1) is 5.69 Å². The Morgan fingerprint density at radius 3 is 2.65 bits per heavy atom. The molecule has 4 rings (SSSR count). The van der Waals surface area contributed by atoms with Gasteiger partial charge >= 0.3 is 6.03 Å². The zero-order valence-electron chi connectivity index (χ0n) is 14.9. The average molecular weight is 355 g/mol. The van der Waals surface area contributed by atoms with Gasteiger partial charge in [0.15, 0.2) is 5.58 Å². The Hall–Kier alpha value is -3.03. The second kappa shape index (κ2) is 6.70. The molecule has 0 aliphatic carbocycles. The van der Waals surface area contributed by atoms with E-state index in [2.05, 4.69) is 20.4 Å². The molecular formula is C18H21N5O3. The van der Waals surface area contributed by atoms with Crippen LogP contribution in [0.5, 0.6) is 0 Å². The van der Waals surface area contributed by atoms with Crippen LogP contribution < -0.4 is 10.2 Å². The number of rotatable bonds is 3. The lowest BCUT2D eigenvalue weighted by Gasteiger charge is -2.33. The van der Waals surface area contributed by atoms with Crippen molar-refractivity contribution in [2.75, 3.05) is 31.1 Å². The highest BCUT2D eigenvalue weighted by molar-refractivity contribution is 5.75. The van der Waals surface area contributed by atoms with Gasteiger partial charge in [-0.3, -0.25) is 0 Å². The first kappa shape index (κ1) is 16.4. The summed E-state index contributed by atoms with van der Waals surface area (Å²) in [6.45, 7) is 6.75. The number of aryl methyl sites for hydroxylation is 2. The predicted octanol–water partition coefficient (Wildman–Crippen LogP) is 2.46. The molecule has 0 spiro atoms. The van der Waals surface area contributed by atoms with Crippen molar-refractivity contribution in [1.82, 2.24) is 20.4 Å². The summed E-state index contributed by atoms with van der Waals surface area (Å²) >= 11 is 0. The van der Waals surface area contributed by atoms with Crippen LogP contribution in [-0.2, 0) is 6.54 Å². The van der Waals surface area contributed by atoms with Crippen LogP contribution in [0.15, 0.2) is 33.2 Å². The Morgan fingerprint density at radius 2 is 1.96 bits per heavy atom. The van der Waals surface area contributed by atoms with Gasteiger partial charge in [0.2, 0.25) is 0 Å². The van der Waals surface area contributed by atoms with Gasteiger partial charge < -0.3 is 24.1 Å². The number of para-hydroxylation sites is 2. The van der Waals surface area contributed by atoms with Crippen molar-refractivity contribution in [3.8, 4) is 0 Å². The van der Waals surface area contributed by atoms with E-state index in [1.54, 1.807) is 4.90 Å². The third-order valence-electron chi connectivity index (χ3n) is 4.72. The van der Waals surface area contributed by atoms with Crippen molar-refractivity contribution in [2.24, 2.45) is 0 Å². The molecule has 1 aliphatic rings. The lowest BCUT2D eigenvalue weighted by molar-refractivity contribution is 0.193. The molecule has 26 heavy (non-hydrogen) atoms. The molecule has 2 aromatic heterocycles. The van der Waals surface area contributed by atoms with Crippen molar-refractivity contribution in [3.05, 3.63) is 41.3 Å². The highest BCUT2D eigenvalue weighted by Gasteiger charge is 2.24. The lowest BCUT2D eigenvalue weighted by Crippen LogP contribution is -2.51. The van der Waals surface area contributed by atoms with Crippen molar-refractivity contribution in [1.29, 1.82) is 0 Å². The topological polar surface area (TPSA) is 87.6 Å². The maximum Gasteiger partial charge on any atom is 0.317 e. The fourth-order valence-electron chi connectivity index (χ4n) is 3.13. The molecule has 136 valence electrons. The number of amides is 2. The van der Waals surface area contributed by atoms with Gasteiger partial charge in [0, 0.05) is 38.3 Å². The maximum atomic E-state index is 12.4. The fourth-order valence-corrected chi connectivity index (χ4v) is 3.13. The molecule has 1 aliphatic heterocycles. The first-order valence-electron chi connectivity index (χ1n) is 8.67. The molecule has 0 bridgehead atoms. The first-order chi connectivity index (χ1) is 12.6. The number of urea groups is 1. The number of benzene rings is 1. The Morgan fingerprint density at radius 1 is 1.19 bits per heavy atom. The molecule has 0 saturated carbocycles. The molecule has 1 N–H and O–H groups in total. The van der Waals surface area contributed by atoms with Gasteiger partial charge in [-0.25, -0.2) is 4.79 Å². The summed E-state index contributed by atoms with van der Waals surface area (Å²) in [4.78, 5) is 20.8. The van der Waals surface area contributed by atoms with E-state index in [4.69, 9.17) is 8.94 Å². The monoisotopic (exact) mass is 355 g/mol. The van der Waals surface area contributed by atoms with Crippen LogP contribution in [-0.4, -0.2) is 47.3 Å². The third-order valence-corrected chi connectivity index (χ3v) is 4.72. The van der Waals surface area contributed by atoms with E-state index >= 15 is 0 Å². The Kier molecular flexibility index (Phi) is 4.24. The minimum absolute atomic E-state index is 0.0813. The average Bonchev–Trinajstić information content (AvgIpc) is 3.23. The molecule has 0 radical (unpaired) electrons. The molecule has 8 nitrogen and oxygen atoms in total. The second-order valence-corrected chi connectivity index (χ2v) is 6.40. The van der Waals surface area contributed by atoms with Gasteiger partial charge in [-0.05, 0) is 26.0 Å². The quantitative estimate of drug-likeness (QED) is 0.776. The van der Waals surface area contributed by atoms with E-state index in [0.29, 0.717) is 38.7 Å². The number of carbonyl (C=O) groups excluding carboxylic acids is 1. The molecule has 1 aromatic carbocycles. The fraction of sp³-hybridized carbons (Fsp3) is 0.389. The van der Waals surface area contributed by atoms with Crippen LogP contribution in [0.2, 0.25) is 0 Å². The van der Waals surface area contributed by atoms with E-state index in [1.165, 1.54) is 0 Å². The van der Waals surface area contributed by atoms with Crippen molar-refractivity contribution >= 4 is 23.1 Å². The van der Waals surface area contributed by atoms with Crippen LogP contribution >= 0.6 is 0 Å². The molecule has 1 fully saturated rings. The largest absolute Gasteiger partial charge is 0.423 e. The van der Waals surface area contributed by atoms with Crippen molar-refractivity contribution in [2.45, 2.75) is 20.4 Å². The molecule has 8 heteroatoms. The molecule has 2 amide bonds. The molecular weight excluding hydrogens is 334 g/mol. The summed E-state index contributed by atoms with van der Waals surface area (Å²) in [5, 5.41) is 6.85. The normalized spacial score (nSPS) is 14.8. The van der Waals surface area contributed by atoms with E-state index in [1.807, 2.05) is 38.1 Å². The summed E-state index contributed by atoms with van der Waals surface area (Å²) in [6.07, 6.45) is 0. The van der Waals surface area contributed by atoms with E-state index in [9.17, 15) is 4.79 Å². The van der Waals surface area contributed by atoms with Gasteiger partial charge in [0.25, 0.3) is 6.01 Å². The summed E-state index contributed by atoms with van der Waals surface area (Å²) in [7, 11) is 0. The van der Waals surface area contributed by atoms with E-state index in [0.717, 1.165) is 28.1 Å². The standard InChI is InChI=1S/C18H21N5O3/c1-12-14(13(2)26-21-12)11-19-17(24)22-7-9-23(10-8-22)18-20-15-5-3-4-6-16(15)25-18/h3-6H,7-11H2,1-2H3,(H,19,24). The van der Waals surface area contributed by atoms with Crippen LogP contribution in [0.1, 0.15) is 17.0 Å². The number of anilines is 1. The smallest absolute Gasteiger partial charge is 0.317 e. The minimum Gasteiger partial charge on any atom is -0.423 e. The van der Waals surface area contributed by atoms with E-state index < -0.39 is 0 Å². The van der Waals surface area contributed by atoms with Crippen LogP contribution in [0.25, 0.3) is 11.1 Å². The lowest BCUT2D eigenvalue weighted by atomic mass is 10.2. The van der Waals surface area contributed by atoms with Crippen LogP contribution in [0.3, 0.4) is 0 Å². The Labute approximate surface area is 150 Å². The minimum atomic E-state index is -0.0813. The number of aromatic nitrogens is 2. The highest BCUT2D eigenvalue weighted by atomic mass is 16.5. The van der Waals surface area contributed by atoms with Gasteiger partial charge in [0.1, 0.15) is 11.3 Å². The number of hydrogen-bond acceptors (Lipinski definition) is 6. The number of hydrogen-bond donors (Lipinski definition) is 1. The third kappa shape index (κ3) is 3.10. The first-order valence-corrected chi connectivity index (χ1v) is 8.67. The number of fused-ring (bicyclic) bond motifs is 1. The molecule has 0 atom stereocenters. The van der Waals surface area contributed by atoms with Crippen molar-refractivity contribution in [3.63, 3.8) is 0 Å². The summed E-state index contributed by atoms with van der Waals surface area (Å²) in [6, 6.07) is 8.24. The van der Waals surface area contributed by atoms with Gasteiger partial charge in [-0.1, -0.05) is 17.3 Å². The number of carbonyl (C=O) groups is 1. The predicted molar refractivity (Wildman–Crippen MR) is 96.0 cm³/mol. The number of oxazole rings is 1. The molecule has 3 heterocycles. The SMILES string of the molecule is Cc1noc(C)c1CNC(=O)N1CCN(c2nc3ccccc3o2)CC1. The molecule has 3 aromatic rings. The molecule has 0 unspecified atom stereocenters. The van der Waals surface area contributed by atoms with E-state index in [-0.39, 0.29) is 6.03 Å². The summed E-state index contributed by atoms with van der Waals surface area (Å²) < 4.78 is 10.9. The van der Waals surface area contributed by atoms with Gasteiger partial charge in [-0.2, -0.15) is 4.98 Å². The zero-order valence-corrected chi connectivity index (χ0v) is 14.9. The van der Waals surface area contributed by atoms with Crippen molar-refractivity contribution < 1.29 is 13.7 Å². The number of piperazine rings is 1. The Balaban J connectivity index is 1.33. The second-order valence-electron chi connectivity index (χ2n) is 6.40. The highest BCUT2D eigenvalue weighted by Crippen LogP contribution is 2.22. The maximum absolute atomic E-state index is 12.4. The van der Waals surface area contributed by atoms with Gasteiger partial charge in [-0.15, -0.1) is 0 Å². The number of nitrogens with one attached hydrogen (secondary N) is 1. The summed E-state index contributed by atoms with van der Waals surface area (Å²) in [5.41, 5.74) is 3.37. The summed E-state index contributed by atoms with van der Waals surface area (Å²) in [5.74, 6) is 0.739. The number of nitrogens with zero attached hydrogens (tertiary/aromatic N) is 4. The Bertz CT molecular complexity index is 871.